The molecule has 3 N–H and O–H groups in total. The number of aliphatic carboxylic acids is 1. The number of nitrogens with one attached hydrogen (secondary N) is 1. The number of carboxylic acids is 1. The third kappa shape index (κ3) is 4.40. The van der Waals surface area contributed by atoms with Gasteiger partial charge in [-0.15, -0.1) is 0 Å². The summed E-state index contributed by atoms with van der Waals surface area (Å²) in [5, 5.41) is 23.3. The van der Waals surface area contributed by atoms with Crippen LogP contribution in [0.1, 0.15) is 76.0 Å². The van der Waals surface area contributed by atoms with Gasteiger partial charge >= 0.3 is 5.97 Å². The Balaban J connectivity index is 1.33. The maximum absolute atomic E-state index is 14.1. The minimum Gasteiger partial charge on any atom is -0.508 e. The first-order chi connectivity index (χ1) is 18.7. The van der Waals surface area contributed by atoms with Crippen LogP contribution in [0.5, 0.6) is 5.75 Å². The molecule has 1 amide bonds. The van der Waals surface area contributed by atoms with Gasteiger partial charge in [0, 0.05) is 5.57 Å². The van der Waals surface area contributed by atoms with Crippen molar-refractivity contribution in [2.45, 2.75) is 64.8 Å². The summed E-state index contributed by atoms with van der Waals surface area (Å²) in [5.74, 6) is -0.0495. The van der Waals surface area contributed by atoms with Crippen molar-refractivity contribution in [2.24, 2.45) is 34.5 Å². The van der Waals surface area contributed by atoms with Crippen LogP contribution in [0.3, 0.4) is 0 Å². The lowest BCUT2D eigenvalue weighted by Gasteiger charge is -2.56. The number of rotatable bonds is 5. The van der Waals surface area contributed by atoms with Gasteiger partial charge in [0.15, 0.2) is 0 Å². The molecule has 2 unspecified atom stereocenters. The van der Waals surface area contributed by atoms with Gasteiger partial charge in [0.1, 0.15) is 5.75 Å². The molecule has 0 saturated heterocycles. The molecular weight excluding hydrogens is 486 g/mol. The van der Waals surface area contributed by atoms with Gasteiger partial charge in [-0.2, -0.15) is 0 Å². The molecule has 0 spiro atoms. The van der Waals surface area contributed by atoms with Crippen LogP contribution in [-0.4, -0.2) is 22.1 Å². The maximum atomic E-state index is 14.1. The largest absolute Gasteiger partial charge is 0.508 e. The number of benzene rings is 2. The summed E-state index contributed by atoms with van der Waals surface area (Å²) in [6.45, 7) is 4.77. The number of fused-ring (bicyclic) bond motifs is 5. The molecule has 0 bridgehead atoms. The van der Waals surface area contributed by atoms with Crippen molar-refractivity contribution in [3.63, 3.8) is 0 Å². The first kappa shape index (κ1) is 25.9. The summed E-state index contributed by atoms with van der Waals surface area (Å²) in [7, 11) is 0. The van der Waals surface area contributed by atoms with Gasteiger partial charge in [-0.05, 0) is 102 Å². The van der Waals surface area contributed by atoms with Gasteiger partial charge in [-0.3, -0.25) is 4.79 Å². The molecule has 7 atom stereocenters. The molecule has 204 valence electrons. The molecule has 5 nitrogen and oxygen atoms in total. The van der Waals surface area contributed by atoms with Crippen molar-refractivity contribution in [1.82, 2.24) is 5.32 Å². The highest BCUT2D eigenvalue weighted by molar-refractivity contribution is 5.97. The van der Waals surface area contributed by atoms with E-state index in [-0.39, 0.29) is 22.6 Å². The number of amides is 1. The molecule has 0 aromatic heterocycles. The van der Waals surface area contributed by atoms with Crippen LogP contribution in [0.2, 0.25) is 0 Å². The zero-order valence-corrected chi connectivity index (χ0v) is 22.9. The van der Waals surface area contributed by atoms with Gasteiger partial charge in [0.25, 0.3) is 0 Å². The fourth-order valence-corrected chi connectivity index (χ4v) is 8.76. The second-order valence-electron chi connectivity index (χ2n) is 12.9. The van der Waals surface area contributed by atoms with E-state index in [2.05, 4.69) is 25.2 Å². The molecule has 4 aliphatic rings. The van der Waals surface area contributed by atoms with E-state index in [1.807, 2.05) is 36.4 Å². The van der Waals surface area contributed by atoms with Crippen molar-refractivity contribution in [2.75, 3.05) is 0 Å². The Morgan fingerprint density at radius 1 is 0.949 bits per heavy atom. The van der Waals surface area contributed by atoms with Crippen LogP contribution in [-0.2, 0) is 9.59 Å². The molecule has 6 rings (SSSR count). The normalized spacial score (nSPS) is 34.0. The zero-order valence-electron chi connectivity index (χ0n) is 22.9. The number of hydrogen-bond acceptors (Lipinski definition) is 3. The highest BCUT2D eigenvalue weighted by Crippen LogP contribution is 2.65. The number of allylic oxidation sites excluding steroid dienone is 3. The minimum atomic E-state index is -1.02. The molecule has 39 heavy (non-hydrogen) atoms. The van der Waals surface area contributed by atoms with E-state index >= 15 is 0 Å². The molecule has 2 saturated carbocycles. The average Bonchev–Trinajstić information content (AvgIpc) is 3.33. The standard InChI is InChI=1S/C34H39NO4/c1-33-17-6-9-28(33)25-15-12-23-19-26(32(38)39)27(20-34(23,2)29(25)16-18-33)31(37)35-30(21-7-4-3-5-8-21)22-10-13-24(36)14-11-22/h3-5,7-8,10-14,19,25,27-30,36H,6,9,15-18,20H2,1-2H3,(H,35,37)(H,38,39)/t25-,27?,28-,29-,30?,33-,34-/m0/s1. The monoisotopic (exact) mass is 525 g/mol. The predicted molar refractivity (Wildman–Crippen MR) is 151 cm³/mol. The topological polar surface area (TPSA) is 86.6 Å². The van der Waals surface area contributed by atoms with Crippen LogP contribution >= 0.6 is 0 Å². The third-order valence-electron chi connectivity index (χ3n) is 10.8. The number of phenols is 1. The van der Waals surface area contributed by atoms with Crippen molar-refractivity contribution in [3.8, 4) is 5.75 Å². The lowest BCUT2D eigenvalue weighted by molar-refractivity contribution is -0.137. The molecule has 0 radical (unpaired) electrons. The number of carbonyl (C=O) groups is 2. The number of phenolic OH excluding ortho intramolecular Hbond substituents is 1. The number of carbonyl (C=O) groups excluding carboxylic acids is 1. The molecule has 0 heterocycles. The van der Waals surface area contributed by atoms with E-state index in [0.29, 0.717) is 23.7 Å². The molecule has 2 fully saturated rings. The number of carboxylic acid groups (broad SMARTS) is 1. The van der Waals surface area contributed by atoms with Crippen LogP contribution < -0.4 is 5.32 Å². The lowest BCUT2D eigenvalue weighted by atomic mass is 9.48. The fraction of sp³-hybridized carbons (Fsp3) is 0.471. The summed E-state index contributed by atoms with van der Waals surface area (Å²) in [4.78, 5) is 26.5. The third-order valence-corrected chi connectivity index (χ3v) is 10.8. The first-order valence-corrected chi connectivity index (χ1v) is 14.5. The molecule has 2 aromatic carbocycles. The van der Waals surface area contributed by atoms with E-state index in [1.165, 1.54) is 25.7 Å². The fourth-order valence-electron chi connectivity index (χ4n) is 8.76. The molecule has 4 aliphatic carbocycles. The summed E-state index contributed by atoms with van der Waals surface area (Å²) in [6.07, 6.45) is 12.0. The van der Waals surface area contributed by atoms with E-state index in [4.69, 9.17) is 0 Å². The van der Waals surface area contributed by atoms with E-state index in [1.54, 1.807) is 24.3 Å². The Morgan fingerprint density at radius 3 is 2.38 bits per heavy atom. The van der Waals surface area contributed by atoms with Crippen molar-refractivity contribution < 1.29 is 19.8 Å². The highest BCUT2D eigenvalue weighted by Gasteiger charge is 2.57. The van der Waals surface area contributed by atoms with Gasteiger partial charge < -0.3 is 15.5 Å². The second kappa shape index (κ2) is 9.69. The molecular formula is C34H39NO4. The van der Waals surface area contributed by atoms with Crippen LogP contribution in [0, 0.1) is 34.5 Å². The van der Waals surface area contributed by atoms with Crippen molar-refractivity contribution >= 4 is 11.9 Å². The van der Waals surface area contributed by atoms with Crippen molar-refractivity contribution in [3.05, 3.63) is 89.0 Å². The number of aromatic hydroxyl groups is 1. The van der Waals surface area contributed by atoms with Crippen LogP contribution in [0.25, 0.3) is 0 Å². The van der Waals surface area contributed by atoms with Gasteiger partial charge in [0.2, 0.25) is 5.91 Å². The Labute approximate surface area is 231 Å². The van der Waals surface area contributed by atoms with E-state index in [9.17, 15) is 19.8 Å². The molecule has 0 aliphatic heterocycles. The Hall–Kier alpha value is -3.34. The Bertz CT molecular complexity index is 1330. The van der Waals surface area contributed by atoms with E-state index in [0.717, 1.165) is 35.5 Å². The highest BCUT2D eigenvalue weighted by atomic mass is 16.4. The van der Waals surface area contributed by atoms with Gasteiger partial charge in [-0.25, -0.2) is 4.79 Å². The van der Waals surface area contributed by atoms with Crippen molar-refractivity contribution in [1.29, 1.82) is 0 Å². The number of hydrogen-bond donors (Lipinski definition) is 3. The average molecular weight is 526 g/mol. The summed E-state index contributed by atoms with van der Waals surface area (Å²) < 4.78 is 0. The first-order valence-electron chi connectivity index (χ1n) is 14.5. The minimum absolute atomic E-state index is 0.158. The predicted octanol–water partition coefficient (Wildman–Crippen LogP) is 6.80. The summed E-state index contributed by atoms with van der Waals surface area (Å²) in [6, 6.07) is 16.1. The summed E-state index contributed by atoms with van der Waals surface area (Å²) >= 11 is 0. The SMILES string of the molecule is C[C@@]12CCC[C@H]1[C@@H]1CC=C3C=C(C(=O)O)C(C(=O)NC(c4ccccc4)c4ccc(O)cc4)C[C@]3(C)[C@H]1CC2. The van der Waals surface area contributed by atoms with E-state index < -0.39 is 17.9 Å². The van der Waals surface area contributed by atoms with Crippen LogP contribution in [0.15, 0.2) is 77.9 Å². The molecule has 2 aromatic rings. The zero-order chi connectivity index (χ0) is 27.4. The van der Waals surface area contributed by atoms with Gasteiger partial charge in [-0.1, -0.05) is 68.8 Å². The maximum Gasteiger partial charge on any atom is 0.332 e. The van der Waals surface area contributed by atoms with Gasteiger partial charge in [0.05, 0.1) is 12.0 Å². The quantitative estimate of drug-likeness (QED) is 0.401. The Morgan fingerprint density at radius 2 is 1.67 bits per heavy atom. The Kier molecular flexibility index (Phi) is 6.44. The lowest BCUT2D eigenvalue weighted by Crippen LogP contribution is -2.50. The summed E-state index contributed by atoms with van der Waals surface area (Å²) in [5.41, 5.74) is 3.27. The smallest absolute Gasteiger partial charge is 0.332 e. The second-order valence-corrected chi connectivity index (χ2v) is 12.9. The molecule has 5 heteroatoms. The van der Waals surface area contributed by atoms with Crippen LogP contribution in [0.4, 0.5) is 0 Å².